The van der Waals surface area contributed by atoms with E-state index in [-0.39, 0.29) is 17.1 Å². The number of carbonyl (C=O) groups is 1. The second kappa shape index (κ2) is 5.94. The number of benzene rings is 1. The van der Waals surface area contributed by atoms with Gasteiger partial charge in [0.2, 0.25) is 10.9 Å². The lowest BCUT2D eigenvalue weighted by Crippen LogP contribution is -2.14. The van der Waals surface area contributed by atoms with Gasteiger partial charge in [0.25, 0.3) is 5.91 Å². The van der Waals surface area contributed by atoms with Gasteiger partial charge in [-0.1, -0.05) is 23.2 Å². The molecule has 2 rings (SSSR count). The van der Waals surface area contributed by atoms with Crippen molar-refractivity contribution in [2.75, 3.05) is 0 Å². The summed E-state index contributed by atoms with van der Waals surface area (Å²) in [4.78, 5) is 25.2. The van der Waals surface area contributed by atoms with Crippen LogP contribution in [0.5, 0.6) is 11.5 Å². The smallest absolute Gasteiger partial charge is 0.349 e. The largest absolute Gasteiger partial charge is 0.449 e. The Morgan fingerprint density at radius 1 is 1.29 bits per heavy atom. The fraction of sp³-hybridized carbons (Fsp3) is 0. The molecule has 1 amide bonds. The molecule has 0 aliphatic carbocycles. The molecule has 2 aromatic rings. The Bertz CT molecular complexity index is 719. The van der Waals surface area contributed by atoms with Crippen LogP contribution in [0.15, 0.2) is 30.5 Å². The maximum Gasteiger partial charge on any atom is 0.349 e. The fourth-order valence-corrected chi connectivity index (χ4v) is 1.85. The number of amides is 1. The lowest BCUT2D eigenvalue weighted by atomic mass is 10.2. The highest BCUT2D eigenvalue weighted by atomic mass is 35.5. The molecule has 0 saturated carbocycles. The molecular weight excluding hydrogens is 321 g/mol. The number of aromatic nitrogens is 1. The van der Waals surface area contributed by atoms with Gasteiger partial charge < -0.3 is 10.5 Å². The van der Waals surface area contributed by atoms with Crippen LogP contribution < -0.4 is 10.5 Å². The normalized spacial score (nSPS) is 10.2. The zero-order chi connectivity index (χ0) is 15.6. The third-order valence-electron chi connectivity index (χ3n) is 2.44. The summed E-state index contributed by atoms with van der Waals surface area (Å²) in [5, 5.41) is 11.1. The third kappa shape index (κ3) is 3.21. The highest BCUT2D eigenvalue weighted by Gasteiger charge is 2.28. The van der Waals surface area contributed by atoms with Crippen LogP contribution in [-0.4, -0.2) is 15.8 Å². The van der Waals surface area contributed by atoms with E-state index in [9.17, 15) is 14.9 Å². The number of ether oxygens (including phenoxy) is 1. The van der Waals surface area contributed by atoms with Crippen molar-refractivity contribution in [1.82, 2.24) is 4.98 Å². The van der Waals surface area contributed by atoms with Crippen LogP contribution >= 0.6 is 23.2 Å². The molecule has 0 radical (unpaired) electrons. The summed E-state index contributed by atoms with van der Waals surface area (Å²) in [5.41, 5.74) is 4.28. The topological polar surface area (TPSA) is 108 Å². The molecule has 108 valence electrons. The molecule has 0 bridgehead atoms. The number of hydrogen-bond acceptors (Lipinski definition) is 5. The zero-order valence-corrected chi connectivity index (χ0v) is 11.8. The number of nitrogens with two attached hydrogens (primary N) is 1. The van der Waals surface area contributed by atoms with Crippen molar-refractivity contribution in [2.24, 2.45) is 5.73 Å². The molecular formula is C12H7Cl2N3O4. The Morgan fingerprint density at radius 3 is 2.43 bits per heavy atom. The minimum Gasteiger partial charge on any atom is -0.449 e. The van der Waals surface area contributed by atoms with E-state index in [2.05, 4.69) is 4.98 Å². The molecule has 0 spiro atoms. The van der Waals surface area contributed by atoms with Crippen LogP contribution in [0.25, 0.3) is 0 Å². The monoisotopic (exact) mass is 327 g/mol. The molecule has 0 saturated heterocycles. The number of hydrogen-bond donors (Lipinski definition) is 1. The Hall–Kier alpha value is -2.38. The summed E-state index contributed by atoms with van der Waals surface area (Å²) in [6, 6.07) is 6.00. The van der Waals surface area contributed by atoms with Crippen LogP contribution in [0.2, 0.25) is 10.2 Å². The molecule has 7 nitrogen and oxygen atoms in total. The summed E-state index contributed by atoms with van der Waals surface area (Å²) in [7, 11) is 0. The summed E-state index contributed by atoms with van der Waals surface area (Å²) in [6.07, 6.45) is 1.02. The number of rotatable bonds is 4. The van der Waals surface area contributed by atoms with Gasteiger partial charge in [0.05, 0.1) is 4.92 Å². The maximum atomic E-state index is 11.4. The molecule has 0 unspecified atom stereocenters. The van der Waals surface area contributed by atoms with Crippen LogP contribution in [0.3, 0.4) is 0 Å². The minimum absolute atomic E-state index is 0.229. The predicted molar refractivity (Wildman–Crippen MR) is 75.9 cm³/mol. The first-order chi connectivity index (χ1) is 9.90. The van der Waals surface area contributed by atoms with E-state index in [1.54, 1.807) is 0 Å². The second-order valence-corrected chi connectivity index (χ2v) is 4.61. The van der Waals surface area contributed by atoms with Gasteiger partial charge in [0, 0.05) is 11.2 Å². The second-order valence-electron chi connectivity index (χ2n) is 3.82. The molecule has 0 atom stereocenters. The van der Waals surface area contributed by atoms with E-state index in [4.69, 9.17) is 33.7 Å². The zero-order valence-electron chi connectivity index (χ0n) is 10.2. The van der Waals surface area contributed by atoms with E-state index < -0.39 is 21.7 Å². The highest BCUT2D eigenvalue weighted by molar-refractivity contribution is 6.32. The van der Waals surface area contributed by atoms with Crippen molar-refractivity contribution >= 4 is 34.8 Å². The molecule has 0 fully saturated rings. The Labute approximate surface area is 128 Å². The average molecular weight is 328 g/mol. The van der Waals surface area contributed by atoms with Gasteiger partial charge in [0.15, 0.2) is 0 Å². The average Bonchev–Trinajstić information content (AvgIpc) is 2.40. The van der Waals surface area contributed by atoms with Gasteiger partial charge in [0.1, 0.15) is 11.3 Å². The predicted octanol–water partition coefficient (Wildman–Crippen LogP) is 3.19. The van der Waals surface area contributed by atoms with Crippen LogP contribution in [0, 0.1) is 10.1 Å². The molecule has 0 aliphatic rings. The molecule has 2 N–H and O–H groups in total. The summed E-state index contributed by atoms with van der Waals surface area (Å²) >= 11 is 11.4. The van der Waals surface area contributed by atoms with Crippen LogP contribution in [0.1, 0.15) is 10.4 Å². The van der Waals surface area contributed by atoms with E-state index >= 15 is 0 Å². The SMILES string of the molecule is NC(=O)c1cnc(Cl)c([N+](=O)[O-])c1Oc1ccc(Cl)cc1. The molecule has 1 heterocycles. The van der Waals surface area contributed by atoms with Gasteiger partial charge in [-0.05, 0) is 24.3 Å². The van der Waals surface area contributed by atoms with Gasteiger partial charge >= 0.3 is 5.69 Å². The van der Waals surface area contributed by atoms with Crippen LogP contribution in [-0.2, 0) is 0 Å². The van der Waals surface area contributed by atoms with E-state index in [0.29, 0.717) is 5.02 Å². The van der Waals surface area contributed by atoms with Crippen molar-refractivity contribution in [3.63, 3.8) is 0 Å². The van der Waals surface area contributed by atoms with E-state index in [1.807, 2.05) is 0 Å². The number of nitrogens with zero attached hydrogens (tertiary/aromatic N) is 2. The molecule has 1 aromatic carbocycles. The quantitative estimate of drug-likeness (QED) is 0.527. The van der Waals surface area contributed by atoms with E-state index in [1.165, 1.54) is 24.3 Å². The first-order valence-electron chi connectivity index (χ1n) is 5.46. The number of carbonyl (C=O) groups excluding carboxylic acids is 1. The third-order valence-corrected chi connectivity index (χ3v) is 2.97. The first kappa shape index (κ1) is 15.0. The summed E-state index contributed by atoms with van der Waals surface area (Å²) in [6.45, 7) is 0. The van der Waals surface area contributed by atoms with Gasteiger partial charge in [-0.15, -0.1) is 0 Å². The molecule has 0 aliphatic heterocycles. The summed E-state index contributed by atoms with van der Waals surface area (Å²) < 4.78 is 5.37. The Morgan fingerprint density at radius 2 is 1.90 bits per heavy atom. The number of halogens is 2. The fourth-order valence-electron chi connectivity index (χ4n) is 1.52. The maximum absolute atomic E-state index is 11.4. The molecule has 1 aromatic heterocycles. The number of primary amides is 1. The lowest BCUT2D eigenvalue weighted by Gasteiger charge is -2.10. The van der Waals surface area contributed by atoms with Gasteiger partial charge in [-0.2, -0.15) is 0 Å². The van der Waals surface area contributed by atoms with Crippen LogP contribution in [0.4, 0.5) is 5.69 Å². The van der Waals surface area contributed by atoms with E-state index in [0.717, 1.165) is 6.20 Å². The number of pyridine rings is 1. The lowest BCUT2D eigenvalue weighted by molar-refractivity contribution is -0.385. The van der Waals surface area contributed by atoms with Crippen molar-refractivity contribution in [1.29, 1.82) is 0 Å². The number of nitro groups is 1. The minimum atomic E-state index is -0.925. The van der Waals surface area contributed by atoms with Gasteiger partial charge in [-0.3, -0.25) is 14.9 Å². The van der Waals surface area contributed by atoms with Crippen molar-refractivity contribution in [2.45, 2.75) is 0 Å². The standard InChI is InChI=1S/C12H7Cl2N3O4/c13-6-1-3-7(4-2-6)21-10-8(12(15)18)5-16-11(14)9(10)17(19)20/h1-5H,(H2,15,18). The highest BCUT2D eigenvalue weighted by Crippen LogP contribution is 2.38. The Kier molecular flexibility index (Phi) is 4.25. The molecule has 21 heavy (non-hydrogen) atoms. The van der Waals surface area contributed by atoms with Crippen molar-refractivity contribution in [3.05, 3.63) is 56.3 Å². The van der Waals surface area contributed by atoms with Crippen molar-refractivity contribution < 1.29 is 14.5 Å². The van der Waals surface area contributed by atoms with Crippen molar-refractivity contribution in [3.8, 4) is 11.5 Å². The Balaban J connectivity index is 2.58. The van der Waals surface area contributed by atoms with Gasteiger partial charge in [-0.25, -0.2) is 4.98 Å². The summed E-state index contributed by atoms with van der Waals surface area (Å²) in [5.74, 6) is -1.06. The molecule has 9 heteroatoms. The first-order valence-corrected chi connectivity index (χ1v) is 6.22.